The second-order valence-corrected chi connectivity index (χ2v) is 9.57. The number of likely N-dealkylation sites (N-methyl/N-ethyl adjacent to an activating group) is 1. The van der Waals surface area contributed by atoms with Crippen molar-refractivity contribution in [3.63, 3.8) is 0 Å². The molecule has 0 radical (unpaired) electrons. The predicted octanol–water partition coefficient (Wildman–Crippen LogP) is 3.11. The summed E-state index contributed by atoms with van der Waals surface area (Å²) in [5, 5.41) is 4.02. The second kappa shape index (κ2) is 7.87. The minimum Gasteiger partial charge on any atom is -0.307 e. The van der Waals surface area contributed by atoms with E-state index >= 15 is 0 Å². The molecule has 1 aromatic rings. The van der Waals surface area contributed by atoms with Gasteiger partial charge in [0.25, 0.3) is 10.0 Å². The van der Waals surface area contributed by atoms with Gasteiger partial charge in [0, 0.05) is 17.1 Å². The molecule has 1 aromatic carbocycles. The Balaban J connectivity index is 1.46. The summed E-state index contributed by atoms with van der Waals surface area (Å²) in [4.78, 5) is 14.7. The van der Waals surface area contributed by atoms with Crippen LogP contribution in [0.3, 0.4) is 0 Å². The topological polar surface area (TPSA) is 78.5 Å². The number of carbonyl (C=O) groups is 1. The lowest BCUT2D eigenvalue weighted by Gasteiger charge is -2.19. The number of fused-ring (bicyclic) bond motifs is 2. The van der Waals surface area contributed by atoms with Crippen LogP contribution in [0.5, 0.6) is 0 Å². The number of sulfonamides is 1. The van der Waals surface area contributed by atoms with Gasteiger partial charge in [-0.2, -0.15) is 0 Å². The standard InChI is InChI=1S/C21H29N3O3S/c1-2-24-12-5-8-17(24)11-13-28(26,27)23-21(25)22-20-18-9-3-6-15(18)14-16-7-4-10-19(16)20/h11,13-14,17H,2-10,12H2,1H3,(H2,22,23,25)/b13-11+/t17-/m1/s1. The Morgan fingerprint density at radius 2 is 1.82 bits per heavy atom. The fraction of sp³-hybridized carbons (Fsp3) is 0.571. The van der Waals surface area contributed by atoms with Gasteiger partial charge < -0.3 is 5.32 Å². The van der Waals surface area contributed by atoms with Crippen LogP contribution in [0, 0.1) is 0 Å². The summed E-state index contributed by atoms with van der Waals surface area (Å²) in [6.07, 6.45) is 9.86. The zero-order valence-electron chi connectivity index (χ0n) is 16.5. The van der Waals surface area contributed by atoms with Crippen LogP contribution >= 0.6 is 0 Å². The molecule has 0 saturated carbocycles. The summed E-state index contributed by atoms with van der Waals surface area (Å²) in [6, 6.07) is 1.75. The highest BCUT2D eigenvalue weighted by Gasteiger charge is 2.26. The van der Waals surface area contributed by atoms with Crippen molar-refractivity contribution in [1.82, 2.24) is 9.62 Å². The first-order valence-corrected chi connectivity index (χ1v) is 11.9. The Morgan fingerprint density at radius 3 is 2.46 bits per heavy atom. The first-order valence-electron chi connectivity index (χ1n) is 10.4. The van der Waals surface area contributed by atoms with Crippen molar-refractivity contribution in [2.75, 3.05) is 18.4 Å². The van der Waals surface area contributed by atoms with E-state index in [1.807, 2.05) is 0 Å². The molecule has 2 amide bonds. The van der Waals surface area contributed by atoms with Gasteiger partial charge >= 0.3 is 6.03 Å². The molecule has 1 saturated heterocycles. The Labute approximate surface area is 167 Å². The van der Waals surface area contributed by atoms with E-state index in [2.05, 4.69) is 27.9 Å². The number of anilines is 1. The predicted molar refractivity (Wildman–Crippen MR) is 111 cm³/mol. The van der Waals surface area contributed by atoms with E-state index in [1.54, 1.807) is 6.08 Å². The van der Waals surface area contributed by atoms with Crippen molar-refractivity contribution >= 4 is 21.7 Å². The zero-order valence-corrected chi connectivity index (χ0v) is 17.3. The van der Waals surface area contributed by atoms with Crippen LogP contribution in [0.15, 0.2) is 17.6 Å². The number of likely N-dealkylation sites (tertiary alicyclic amines) is 1. The van der Waals surface area contributed by atoms with Crippen molar-refractivity contribution < 1.29 is 13.2 Å². The maximum Gasteiger partial charge on any atom is 0.333 e. The lowest BCUT2D eigenvalue weighted by Crippen LogP contribution is -2.34. The summed E-state index contributed by atoms with van der Waals surface area (Å²) >= 11 is 0. The zero-order chi connectivity index (χ0) is 19.7. The number of aryl methyl sites for hydroxylation is 2. The Kier molecular flexibility index (Phi) is 5.47. The van der Waals surface area contributed by atoms with Crippen LogP contribution in [0.4, 0.5) is 10.5 Å². The van der Waals surface area contributed by atoms with Crippen molar-refractivity contribution in [2.24, 2.45) is 0 Å². The molecule has 6 nitrogen and oxygen atoms in total. The van der Waals surface area contributed by atoms with Gasteiger partial charge in [0.15, 0.2) is 0 Å². The molecule has 2 N–H and O–H groups in total. The van der Waals surface area contributed by atoms with Gasteiger partial charge in [0.1, 0.15) is 0 Å². The fourth-order valence-corrected chi connectivity index (χ4v) is 5.69. The van der Waals surface area contributed by atoms with Gasteiger partial charge in [-0.25, -0.2) is 17.9 Å². The second-order valence-electron chi connectivity index (χ2n) is 8.00. The summed E-state index contributed by atoms with van der Waals surface area (Å²) in [6.45, 7) is 3.96. The highest BCUT2D eigenvalue weighted by atomic mass is 32.2. The molecule has 0 aromatic heterocycles. The van der Waals surface area contributed by atoms with Crippen LogP contribution in [0.25, 0.3) is 0 Å². The van der Waals surface area contributed by atoms with Gasteiger partial charge in [-0.05, 0) is 86.7 Å². The van der Waals surface area contributed by atoms with Gasteiger partial charge in [-0.15, -0.1) is 0 Å². The maximum absolute atomic E-state index is 12.5. The molecule has 3 aliphatic rings. The number of nitrogens with zero attached hydrogens (tertiary/aromatic N) is 1. The molecule has 152 valence electrons. The highest BCUT2D eigenvalue weighted by Crippen LogP contribution is 2.38. The molecule has 7 heteroatoms. The van der Waals surface area contributed by atoms with Crippen molar-refractivity contribution in [2.45, 2.75) is 64.3 Å². The van der Waals surface area contributed by atoms with E-state index in [0.717, 1.165) is 75.6 Å². The molecular formula is C21H29N3O3S. The normalized spacial score (nSPS) is 21.8. The van der Waals surface area contributed by atoms with Gasteiger partial charge in [0.2, 0.25) is 0 Å². The molecule has 2 aliphatic carbocycles. The molecular weight excluding hydrogens is 374 g/mol. The molecule has 4 rings (SSSR count). The number of urea groups is 1. The average molecular weight is 404 g/mol. The monoisotopic (exact) mass is 403 g/mol. The fourth-order valence-electron chi connectivity index (χ4n) is 4.93. The van der Waals surface area contributed by atoms with Crippen LogP contribution in [0.2, 0.25) is 0 Å². The molecule has 1 heterocycles. The number of amides is 2. The van der Waals surface area contributed by atoms with Crippen molar-refractivity contribution in [1.29, 1.82) is 0 Å². The molecule has 1 atom stereocenters. The molecule has 1 fully saturated rings. The number of rotatable bonds is 5. The Morgan fingerprint density at radius 1 is 1.14 bits per heavy atom. The number of nitrogens with one attached hydrogen (secondary N) is 2. The Bertz CT molecular complexity index is 876. The summed E-state index contributed by atoms with van der Waals surface area (Å²) in [5.41, 5.74) is 5.84. The van der Waals surface area contributed by atoms with Gasteiger partial charge in [0.05, 0.1) is 0 Å². The summed E-state index contributed by atoms with van der Waals surface area (Å²) < 4.78 is 26.9. The van der Waals surface area contributed by atoms with E-state index in [4.69, 9.17) is 0 Å². The van der Waals surface area contributed by atoms with Crippen LogP contribution in [0.1, 0.15) is 54.9 Å². The van der Waals surface area contributed by atoms with Crippen molar-refractivity contribution in [3.05, 3.63) is 39.8 Å². The minimum atomic E-state index is -3.82. The van der Waals surface area contributed by atoms with Crippen LogP contribution in [-0.4, -0.2) is 38.5 Å². The van der Waals surface area contributed by atoms with E-state index in [-0.39, 0.29) is 6.04 Å². The number of hydrogen-bond acceptors (Lipinski definition) is 4. The highest BCUT2D eigenvalue weighted by molar-refractivity contribution is 7.92. The smallest absolute Gasteiger partial charge is 0.307 e. The first kappa shape index (κ1) is 19.5. The number of hydrogen-bond donors (Lipinski definition) is 2. The third-order valence-electron chi connectivity index (χ3n) is 6.25. The third-order valence-corrected chi connectivity index (χ3v) is 7.23. The van der Waals surface area contributed by atoms with Crippen LogP contribution in [-0.2, 0) is 35.7 Å². The average Bonchev–Trinajstić information content (AvgIpc) is 3.39. The van der Waals surface area contributed by atoms with Crippen LogP contribution < -0.4 is 10.0 Å². The minimum absolute atomic E-state index is 0.130. The number of benzene rings is 1. The molecule has 0 unspecified atom stereocenters. The Hall–Kier alpha value is -1.86. The van der Waals surface area contributed by atoms with Gasteiger partial charge in [-0.1, -0.05) is 19.1 Å². The quantitative estimate of drug-likeness (QED) is 0.792. The van der Waals surface area contributed by atoms with Crippen molar-refractivity contribution in [3.8, 4) is 0 Å². The SMILES string of the molecule is CCN1CCC[C@@H]1/C=C/S(=O)(=O)NC(=O)Nc1c2c(cc3c1CCC3)CCC2. The van der Waals surface area contributed by atoms with E-state index < -0.39 is 16.1 Å². The third kappa shape index (κ3) is 3.96. The summed E-state index contributed by atoms with van der Waals surface area (Å²) in [7, 11) is -3.82. The maximum atomic E-state index is 12.5. The number of carbonyl (C=O) groups excluding carboxylic acids is 1. The molecule has 0 bridgehead atoms. The largest absolute Gasteiger partial charge is 0.333 e. The molecule has 1 aliphatic heterocycles. The van der Waals surface area contributed by atoms with Gasteiger partial charge in [-0.3, -0.25) is 4.90 Å². The summed E-state index contributed by atoms with van der Waals surface area (Å²) in [5.74, 6) is 0. The lowest BCUT2D eigenvalue weighted by atomic mass is 9.99. The van der Waals surface area contributed by atoms with E-state index in [9.17, 15) is 13.2 Å². The lowest BCUT2D eigenvalue weighted by molar-refractivity contribution is 0.256. The molecule has 28 heavy (non-hydrogen) atoms. The van der Waals surface area contributed by atoms with E-state index in [0.29, 0.717) is 0 Å². The van der Waals surface area contributed by atoms with E-state index in [1.165, 1.54) is 22.3 Å². The first-order chi connectivity index (χ1) is 13.5. The molecule has 0 spiro atoms.